The Morgan fingerprint density at radius 2 is 1.70 bits per heavy atom. The van der Waals surface area contributed by atoms with Gasteiger partial charge in [0.2, 0.25) is 0 Å². The van der Waals surface area contributed by atoms with E-state index in [9.17, 15) is 8.42 Å². The Labute approximate surface area is 119 Å². The third-order valence-electron chi connectivity index (χ3n) is 2.76. The van der Waals surface area contributed by atoms with Crippen LogP contribution in [0.4, 0.5) is 0 Å². The van der Waals surface area contributed by atoms with Gasteiger partial charge in [0.1, 0.15) is 5.76 Å². The molecule has 0 saturated carbocycles. The second-order valence-corrected chi connectivity index (χ2v) is 6.40. The predicted molar refractivity (Wildman–Crippen MR) is 76.5 cm³/mol. The number of hydrogen-bond acceptors (Lipinski definition) is 3. The summed E-state index contributed by atoms with van der Waals surface area (Å²) in [5.41, 5.74) is 1.00. The Morgan fingerprint density at radius 3 is 2.25 bits per heavy atom. The van der Waals surface area contributed by atoms with E-state index in [2.05, 4.69) is 12.0 Å². The van der Waals surface area contributed by atoms with E-state index in [-0.39, 0.29) is 4.90 Å². The Balaban J connectivity index is 2.26. The molecule has 5 heteroatoms. The van der Waals surface area contributed by atoms with Crippen molar-refractivity contribution in [1.29, 1.82) is 0 Å². The molecule has 0 unspecified atom stereocenters. The van der Waals surface area contributed by atoms with E-state index in [4.69, 9.17) is 4.42 Å². The van der Waals surface area contributed by atoms with Gasteiger partial charge in [0.15, 0.2) is 5.76 Å². The van der Waals surface area contributed by atoms with Crippen LogP contribution in [0.2, 0.25) is 0 Å². The van der Waals surface area contributed by atoms with Gasteiger partial charge in [-0.25, -0.2) is 12.7 Å². The van der Waals surface area contributed by atoms with Crippen molar-refractivity contribution < 1.29 is 12.8 Å². The minimum atomic E-state index is -3.60. The van der Waals surface area contributed by atoms with Gasteiger partial charge in [-0.3, -0.25) is 0 Å². The van der Waals surface area contributed by atoms with Gasteiger partial charge in [0.05, 0.1) is 4.90 Å². The zero-order chi connectivity index (χ0) is 14.8. The number of hydrogen-bond donors (Lipinski definition) is 0. The van der Waals surface area contributed by atoms with Gasteiger partial charge < -0.3 is 4.42 Å². The van der Waals surface area contributed by atoms with E-state index in [1.165, 1.54) is 7.05 Å². The summed E-state index contributed by atoms with van der Waals surface area (Å²) in [6.07, 6.45) is 0. The zero-order valence-corrected chi connectivity index (χ0v) is 12.4. The topological polar surface area (TPSA) is 50.5 Å². The highest BCUT2D eigenvalue weighted by atomic mass is 32.2. The molecule has 0 atom stereocenters. The molecule has 0 radical (unpaired) electrons. The van der Waals surface area contributed by atoms with Crippen molar-refractivity contribution in [1.82, 2.24) is 4.31 Å². The molecular formula is C15H15NO3S. The van der Waals surface area contributed by atoms with Crippen LogP contribution in [-0.4, -0.2) is 19.8 Å². The summed E-state index contributed by atoms with van der Waals surface area (Å²) < 4.78 is 30.8. The van der Waals surface area contributed by atoms with Crippen molar-refractivity contribution in [3.63, 3.8) is 0 Å². The second kappa shape index (κ2) is 5.43. The van der Waals surface area contributed by atoms with Gasteiger partial charge in [0, 0.05) is 13.1 Å². The van der Waals surface area contributed by atoms with E-state index >= 15 is 0 Å². The maximum Gasteiger partial charge on any atom is 0.270 e. The summed E-state index contributed by atoms with van der Waals surface area (Å²) >= 11 is 0. The molecule has 1 heterocycles. The molecule has 0 aliphatic carbocycles. The quantitative estimate of drug-likeness (QED) is 0.630. The molecule has 0 spiro atoms. The molecule has 2 rings (SSSR count). The molecule has 0 saturated heterocycles. The van der Waals surface area contributed by atoms with Gasteiger partial charge in [-0.2, -0.15) is 0 Å². The summed E-state index contributed by atoms with van der Waals surface area (Å²) in [5.74, 6) is 3.86. The number of furan rings is 1. The third kappa shape index (κ3) is 3.03. The smallest absolute Gasteiger partial charge is 0.270 e. The normalized spacial score (nSPS) is 10.8. The number of benzene rings is 1. The van der Waals surface area contributed by atoms with Crippen LogP contribution in [0.5, 0.6) is 0 Å². The fraction of sp³-hybridized carbons (Fsp3) is 0.200. The molecule has 0 bridgehead atoms. The highest BCUT2D eigenvalue weighted by Gasteiger charge is 2.17. The molecule has 0 aliphatic rings. The van der Waals surface area contributed by atoms with Gasteiger partial charge in [-0.1, -0.05) is 17.7 Å². The fourth-order valence-electron chi connectivity index (χ4n) is 1.56. The third-order valence-corrected chi connectivity index (χ3v) is 4.44. The Bertz CT molecular complexity index is 761. The maximum absolute atomic E-state index is 12.3. The van der Waals surface area contributed by atoms with Crippen molar-refractivity contribution in [2.24, 2.45) is 0 Å². The number of rotatable bonds is 2. The zero-order valence-electron chi connectivity index (χ0n) is 11.5. The van der Waals surface area contributed by atoms with Crippen molar-refractivity contribution in [3.8, 4) is 12.0 Å². The average Bonchev–Trinajstić information content (AvgIpc) is 2.82. The van der Waals surface area contributed by atoms with Crippen LogP contribution in [0.3, 0.4) is 0 Å². The maximum atomic E-state index is 12.3. The molecular weight excluding hydrogens is 274 g/mol. The van der Waals surface area contributed by atoms with E-state index in [1.54, 1.807) is 43.3 Å². The van der Waals surface area contributed by atoms with Crippen molar-refractivity contribution in [3.05, 3.63) is 53.5 Å². The van der Waals surface area contributed by atoms with Gasteiger partial charge >= 0.3 is 0 Å². The first-order chi connectivity index (χ1) is 9.39. The predicted octanol–water partition coefficient (Wildman–Crippen LogP) is 2.53. The highest BCUT2D eigenvalue weighted by molar-refractivity contribution is 7.89. The van der Waals surface area contributed by atoms with Crippen LogP contribution in [0, 0.1) is 25.8 Å². The van der Waals surface area contributed by atoms with Crippen LogP contribution >= 0.6 is 0 Å². The summed E-state index contributed by atoms with van der Waals surface area (Å²) in [7, 11) is -2.19. The lowest BCUT2D eigenvalue weighted by Gasteiger charge is -2.11. The van der Waals surface area contributed by atoms with Crippen LogP contribution in [0.1, 0.15) is 17.1 Å². The Morgan fingerprint density at radius 1 is 1.05 bits per heavy atom. The SMILES string of the molecule is Cc1ccc(S(=O)(=O)N(C)C#Cc2ccc(C)o2)cc1. The average molecular weight is 289 g/mol. The lowest BCUT2D eigenvalue weighted by molar-refractivity contribution is 0.521. The van der Waals surface area contributed by atoms with Gasteiger partial charge in [-0.05, 0) is 44.0 Å². The molecule has 4 nitrogen and oxygen atoms in total. The lowest BCUT2D eigenvalue weighted by atomic mass is 10.2. The first-order valence-corrected chi connectivity index (χ1v) is 7.47. The van der Waals surface area contributed by atoms with Gasteiger partial charge in [-0.15, -0.1) is 0 Å². The molecule has 104 valence electrons. The van der Waals surface area contributed by atoms with Crippen LogP contribution in [0.15, 0.2) is 45.7 Å². The molecule has 0 N–H and O–H groups in total. The number of nitrogens with zero attached hydrogens (tertiary/aromatic N) is 1. The Hall–Kier alpha value is -2.19. The van der Waals surface area contributed by atoms with Gasteiger partial charge in [0.25, 0.3) is 10.0 Å². The minimum absolute atomic E-state index is 0.218. The van der Waals surface area contributed by atoms with Crippen molar-refractivity contribution >= 4 is 10.0 Å². The monoisotopic (exact) mass is 289 g/mol. The molecule has 0 fully saturated rings. The first-order valence-electron chi connectivity index (χ1n) is 6.03. The van der Waals surface area contributed by atoms with Crippen LogP contribution in [0.25, 0.3) is 0 Å². The summed E-state index contributed by atoms with van der Waals surface area (Å²) in [4.78, 5) is 0.218. The van der Waals surface area contributed by atoms with E-state index < -0.39 is 10.0 Å². The molecule has 1 aromatic carbocycles. The second-order valence-electron chi connectivity index (χ2n) is 4.43. The fourth-order valence-corrected chi connectivity index (χ4v) is 2.53. The van der Waals surface area contributed by atoms with Crippen LogP contribution in [-0.2, 0) is 10.0 Å². The minimum Gasteiger partial charge on any atom is -0.453 e. The van der Waals surface area contributed by atoms with Crippen molar-refractivity contribution in [2.45, 2.75) is 18.7 Å². The first kappa shape index (κ1) is 14.2. The molecule has 1 aromatic heterocycles. The standard InChI is InChI=1S/C15H15NO3S/c1-12-4-8-15(9-5-12)20(17,18)16(3)11-10-14-7-6-13(2)19-14/h4-9H,1-3H3. The molecule has 0 amide bonds. The molecule has 20 heavy (non-hydrogen) atoms. The molecule has 2 aromatic rings. The van der Waals surface area contributed by atoms with Crippen LogP contribution < -0.4 is 0 Å². The number of sulfonamides is 1. The largest absolute Gasteiger partial charge is 0.453 e. The summed E-state index contributed by atoms with van der Waals surface area (Å²) in [5, 5.41) is 0. The lowest BCUT2D eigenvalue weighted by Crippen LogP contribution is -2.22. The van der Waals surface area contributed by atoms with Crippen molar-refractivity contribution in [2.75, 3.05) is 7.05 Å². The summed E-state index contributed by atoms with van der Waals surface area (Å²) in [6.45, 7) is 3.71. The summed E-state index contributed by atoms with van der Waals surface area (Å²) in [6, 6.07) is 12.7. The highest BCUT2D eigenvalue weighted by Crippen LogP contribution is 2.14. The molecule has 0 aliphatic heterocycles. The van der Waals surface area contributed by atoms with E-state index in [1.807, 2.05) is 6.92 Å². The Kier molecular flexibility index (Phi) is 3.86. The van der Waals surface area contributed by atoms with E-state index in [0.29, 0.717) is 5.76 Å². The van der Waals surface area contributed by atoms with E-state index in [0.717, 1.165) is 15.6 Å². The number of aryl methyl sites for hydroxylation is 2.